The molecular formula is C21H22FN5. The van der Waals surface area contributed by atoms with Crippen LogP contribution >= 0.6 is 0 Å². The van der Waals surface area contributed by atoms with Crippen LogP contribution in [0.15, 0.2) is 60.9 Å². The highest BCUT2D eigenvalue weighted by Crippen LogP contribution is 2.24. The molecule has 1 aliphatic heterocycles. The average molecular weight is 363 g/mol. The molecule has 4 rings (SSSR count). The van der Waals surface area contributed by atoms with E-state index in [1.807, 2.05) is 36.4 Å². The molecule has 27 heavy (non-hydrogen) atoms. The summed E-state index contributed by atoms with van der Waals surface area (Å²) < 4.78 is 14.0. The normalized spacial score (nSPS) is 14.3. The number of para-hydroxylation sites is 2. The second kappa shape index (κ2) is 7.61. The quantitative estimate of drug-likeness (QED) is 0.759. The number of rotatable bonds is 4. The van der Waals surface area contributed by atoms with Crippen LogP contribution in [-0.4, -0.2) is 36.1 Å². The summed E-state index contributed by atoms with van der Waals surface area (Å²) in [6.07, 6.45) is 1.58. The molecule has 1 aromatic heterocycles. The highest BCUT2D eigenvalue weighted by Gasteiger charge is 2.20. The van der Waals surface area contributed by atoms with Gasteiger partial charge >= 0.3 is 0 Å². The fraction of sp³-hybridized carbons (Fsp3) is 0.238. The van der Waals surface area contributed by atoms with Crippen molar-refractivity contribution < 1.29 is 4.39 Å². The van der Waals surface area contributed by atoms with Crippen LogP contribution in [0.25, 0.3) is 0 Å². The highest BCUT2D eigenvalue weighted by atomic mass is 19.1. The topological polar surface area (TPSA) is 44.3 Å². The molecule has 6 heteroatoms. The lowest BCUT2D eigenvalue weighted by molar-refractivity contribution is 0.596. The van der Waals surface area contributed by atoms with E-state index in [2.05, 4.69) is 38.1 Å². The Morgan fingerprint density at radius 1 is 0.889 bits per heavy atom. The van der Waals surface area contributed by atoms with Crippen LogP contribution in [0.5, 0.6) is 0 Å². The van der Waals surface area contributed by atoms with E-state index in [0.717, 1.165) is 49.1 Å². The van der Waals surface area contributed by atoms with Crippen molar-refractivity contribution in [3.05, 3.63) is 72.3 Å². The Balaban J connectivity index is 1.44. The van der Waals surface area contributed by atoms with Crippen LogP contribution in [0.3, 0.4) is 0 Å². The number of halogens is 1. The Bertz CT molecular complexity index is 922. The number of aryl methyl sites for hydroxylation is 1. The highest BCUT2D eigenvalue weighted by molar-refractivity contribution is 5.62. The summed E-state index contributed by atoms with van der Waals surface area (Å²) in [5.41, 5.74) is 2.87. The molecule has 0 spiro atoms. The van der Waals surface area contributed by atoms with Crippen LogP contribution in [0.1, 0.15) is 5.56 Å². The molecule has 1 saturated heterocycles. The third-order valence-corrected chi connectivity index (χ3v) is 4.86. The van der Waals surface area contributed by atoms with E-state index in [1.165, 1.54) is 6.07 Å². The average Bonchev–Trinajstić information content (AvgIpc) is 2.71. The number of benzene rings is 2. The molecule has 3 aromatic rings. The van der Waals surface area contributed by atoms with E-state index in [-0.39, 0.29) is 5.82 Å². The van der Waals surface area contributed by atoms with Crippen LogP contribution < -0.4 is 15.1 Å². The smallest absolute Gasteiger partial charge is 0.146 e. The van der Waals surface area contributed by atoms with Crippen LogP contribution in [0.4, 0.5) is 27.4 Å². The van der Waals surface area contributed by atoms with Gasteiger partial charge in [-0.05, 0) is 30.7 Å². The summed E-state index contributed by atoms with van der Waals surface area (Å²) in [6, 6.07) is 17.0. The predicted octanol–water partition coefficient (Wildman–Crippen LogP) is 3.99. The third-order valence-electron chi connectivity index (χ3n) is 4.86. The molecule has 0 bridgehead atoms. The van der Waals surface area contributed by atoms with Gasteiger partial charge in [-0.25, -0.2) is 14.4 Å². The lowest BCUT2D eigenvalue weighted by Crippen LogP contribution is -2.47. The fourth-order valence-electron chi connectivity index (χ4n) is 3.32. The largest absolute Gasteiger partial charge is 0.366 e. The monoisotopic (exact) mass is 363 g/mol. The fourth-order valence-corrected chi connectivity index (χ4v) is 3.32. The van der Waals surface area contributed by atoms with Crippen LogP contribution in [0, 0.1) is 12.7 Å². The zero-order chi connectivity index (χ0) is 18.6. The van der Waals surface area contributed by atoms with Gasteiger partial charge in [0, 0.05) is 37.9 Å². The maximum Gasteiger partial charge on any atom is 0.146 e. The minimum Gasteiger partial charge on any atom is -0.366 e. The van der Waals surface area contributed by atoms with Crippen LogP contribution in [-0.2, 0) is 0 Å². The van der Waals surface area contributed by atoms with Crippen molar-refractivity contribution in [1.82, 2.24) is 9.97 Å². The Hall–Kier alpha value is -3.15. The SMILES string of the molecule is Cc1ccccc1Nc1cc(N2CCN(c3ccccc3F)CC2)ncn1. The van der Waals surface area contributed by atoms with E-state index in [1.54, 1.807) is 12.4 Å². The van der Waals surface area contributed by atoms with Crippen molar-refractivity contribution in [2.24, 2.45) is 0 Å². The molecule has 0 atom stereocenters. The molecule has 1 aliphatic rings. The van der Waals surface area contributed by atoms with Crippen LogP contribution in [0.2, 0.25) is 0 Å². The molecule has 2 aromatic carbocycles. The number of nitrogens with one attached hydrogen (secondary N) is 1. The first-order valence-electron chi connectivity index (χ1n) is 9.10. The molecule has 0 unspecified atom stereocenters. The number of hydrogen-bond donors (Lipinski definition) is 1. The van der Waals surface area contributed by atoms with E-state index in [9.17, 15) is 4.39 Å². The molecule has 138 valence electrons. The van der Waals surface area contributed by atoms with Gasteiger partial charge in [0.05, 0.1) is 5.69 Å². The Morgan fingerprint density at radius 2 is 1.59 bits per heavy atom. The van der Waals surface area contributed by atoms with Gasteiger partial charge < -0.3 is 15.1 Å². The summed E-state index contributed by atoms with van der Waals surface area (Å²) in [7, 11) is 0. The first-order valence-corrected chi connectivity index (χ1v) is 9.10. The Kier molecular flexibility index (Phi) is 4.87. The zero-order valence-electron chi connectivity index (χ0n) is 15.3. The molecule has 0 saturated carbocycles. The predicted molar refractivity (Wildman–Crippen MR) is 107 cm³/mol. The van der Waals surface area contributed by atoms with Gasteiger partial charge in [0.2, 0.25) is 0 Å². The van der Waals surface area contributed by atoms with Gasteiger partial charge in [-0.15, -0.1) is 0 Å². The number of nitrogens with zero attached hydrogens (tertiary/aromatic N) is 4. The van der Waals surface area contributed by atoms with Crippen molar-refractivity contribution in [3.63, 3.8) is 0 Å². The van der Waals surface area contributed by atoms with Crippen molar-refractivity contribution in [2.75, 3.05) is 41.3 Å². The zero-order valence-corrected chi connectivity index (χ0v) is 15.3. The second-order valence-electron chi connectivity index (χ2n) is 6.63. The molecule has 1 N–H and O–H groups in total. The molecule has 1 fully saturated rings. The minimum atomic E-state index is -0.169. The maximum atomic E-state index is 14.0. The summed E-state index contributed by atoms with van der Waals surface area (Å²) in [5.74, 6) is 1.48. The molecule has 0 aliphatic carbocycles. The second-order valence-corrected chi connectivity index (χ2v) is 6.63. The summed E-state index contributed by atoms with van der Waals surface area (Å²) in [6.45, 7) is 5.15. The first kappa shape index (κ1) is 17.3. The van der Waals surface area contributed by atoms with E-state index in [4.69, 9.17) is 0 Å². The number of piperazine rings is 1. The summed E-state index contributed by atoms with van der Waals surface area (Å²) in [4.78, 5) is 13.1. The van der Waals surface area contributed by atoms with Crippen molar-refractivity contribution in [2.45, 2.75) is 6.92 Å². The lowest BCUT2D eigenvalue weighted by Gasteiger charge is -2.36. The van der Waals surface area contributed by atoms with E-state index in [0.29, 0.717) is 5.69 Å². The minimum absolute atomic E-state index is 0.169. The molecule has 0 amide bonds. The number of aromatic nitrogens is 2. The lowest BCUT2D eigenvalue weighted by atomic mass is 10.2. The number of hydrogen-bond acceptors (Lipinski definition) is 5. The van der Waals surface area contributed by atoms with Gasteiger partial charge in [-0.3, -0.25) is 0 Å². The number of anilines is 4. The molecule has 2 heterocycles. The Morgan fingerprint density at radius 3 is 2.37 bits per heavy atom. The van der Waals surface area contributed by atoms with Gasteiger partial charge in [-0.2, -0.15) is 0 Å². The third kappa shape index (κ3) is 3.84. The standard InChI is InChI=1S/C21H22FN5/c1-16-6-2-4-8-18(16)25-20-14-21(24-15-23-20)27-12-10-26(11-13-27)19-9-5-3-7-17(19)22/h2-9,14-15H,10-13H2,1H3,(H,23,24,25). The summed E-state index contributed by atoms with van der Waals surface area (Å²) in [5, 5.41) is 3.36. The van der Waals surface area contributed by atoms with Gasteiger partial charge in [0.15, 0.2) is 0 Å². The van der Waals surface area contributed by atoms with Crippen molar-refractivity contribution in [3.8, 4) is 0 Å². The maximum absolute atomic E-state index is 14.0. The molecule has 0 radical (unpaired) electrons. The van der Waals surface area contributed by atoms with Gasteiger partial charge in [0.25, 0.3) is 0 Å². The van der Waals surface area contributed by atoms with Gasteiger partial charge in [-0.1, -0.05) is 30.3 Å². The molecule has 5 nitrogen and oxygen atoms in total. The first-order chi connectivity index (χ1) is 13.2. The van der Waals surface area contributed by atoms with Crippen molar-refractivity contribution in [1.29, 1.82) is 0 Å². The van der Waals surface area contributed by atoms with E-state index >= 15 is 0 Å². The Labute approximate surface area is 158 Å². The summed E-state index contributed by atoms with van der Waals surface area (Å²) >= 11 is 0. The van der Waals surface area contributed by atoms with Gasteiger partial charge in [0.1, 0.15) is 23.8 Å². The van der Waals surface area contributed by atoms with Crippen molar-refractivity contribution >= 4 is 23.0 Å². The van der Waals surface area contributed by atoms with E-state index < -0.39 is 0 Å². The molecular weight excluding hydrogens is 341 g/mol.